The number of carbonyl (C=O) groups excluding carboxylic acids is 4. The number of hydrogen-bond acceptors (Lipinski definition) is 11. The zero-order valence-corrected chi connectivity index (χ0v) is 41.9. The minimum absolute atomic E-state index is 0.0446. The van der Waals surface area contributed by atoms with Crippen LogP contribution in [0.1, 0.15) is 221 Å². The molecule has 0 saturated heterocycles. The predicted octanol–water partition coefficient (Wildman–Crippen LogP) is 13.5. The summed E-state index contributed by atoms with van der Waals surface area (Å²) in [4.78, 5) is 55.8. The van der Waals surface area contributed by atoms with Crippen molar-refractivity contribution in [2.24, 2.45) is 0 Å². The van der Waals surface area contributed by atoms with Gasteiger partial charge >= 0.3 is 24.0 Å². The van der Waals surface area contributed by atoms with Crippen LogP contribution in [0.5, 0.6) is 0 Å². The van der Waals surface area contributed by atoms with Gasteiger partial charge in [0.25, 0.3) is 0 Å². The van der Waals surface area contributed by atoms with Gasteiger partial charge in [-0.2, -0.15) is 0 Å². The molecule has 0 aliphatic rings. The molecular formula is C49H94N2O8S2. The van der Waals surface area contributed by atoms with E-state index in [4.69, 9.17) is 18.9 Å². The third-order valence-electron chi connectivity index (χ3n) is 11.2. The number of hydrogen-bond donors (Lipinski definition) is 0. The standard InChI is InChI=1S/C49H94N2O8S2/c1-7-13-17-21-23-27-32-44(30-25-19-15-9-3)58-47(53)35-38-51(39-36-48(54)59-45(31-26-20-16-10-4)33-28-24-22-18-14-8-2)49(55)57-41-43-61-60-42-40-56-46(52)34-29-37-50(11-5)12-6/h44-45H,7-43H2,1-6H3. The highest BCUT2D eigenvalue weighted by Crippen LogP contribution is 2.22. The highest BCUT2D eigenvalue weighted by molar-refractivity contribution is 8.76. The summed E-state index contributed by atoms with van der Waals surface area (Å²) in [6.07, 6.45) is 27.4. The van der Waals surface area contributed by atoms with Crippen LogP contribution in [0.4, 0.5) is 4.79 Å². The molecule has 2 unspecified atom stereocenters. The number of ether oxygens (including phenoxy) is 4. The largest absolute Gasteiger partial charge is 0.465 e. The van der Waals surface area contributed by atoms with E-state index in [1.54, 1.807) is 21.6 Å². The summed E-state index contributed by atoms with van der Waals surface area (Å²) < 4.78 is 23.1. The Kier molecular flexibility index (Phi) is 43.7. The molecule has 2 atom stereocenters. The Morgan fingerprint density at radius 3 is 1.21 bits per heavy atom. The fourth-order valence-corrected chi connectivity index (χ4v) is 8.94. The van der Waals surface area contributed by atoms with Crippen LogP contribution < -0.4 is 0 Å². The molecule has 0 fully saturated rings. The number of unbranched alkanes of at least 4 members (excludes halogenated alkanes) is 16. The van der Waals surface area contributed by atoms with Gasteiger partial charge in [0, 0.05) is 31.0 Å². The van der Waals surface area contributed by atoms with E-state index in [-0.39, 0.29) is 62.7 Å². The summed E-state index contributed by atoms with van der Waals surface area (Å²) in [5.41, 5.74) is 0. The van der Waals surface area contributed by atoms with Crippen LogP contribution in [-0.4, -0.2) is 103 Å². The van der Waals surface area contributed by atoms with Gasteiger partial charge in [-0.15, -0.1) is 0 Å². The number of carbonyl (C=O) groups is 4. The molecule has 0 bridgehead atoms. The van der Waals surface area contributed by atoms with E-state index in [1.165, 1.54) is 69.1 Å². The van der Waals surface area contributed by atoms with Crippen molar-refractivity contribution < 1.29 is 38.1 Å². The Bertz CT molecular complexity index is 985. The minimum atomic E-state index is -0.545. The Morgan fingerprint density at radius 2 is 0.803 bits per heavy atom. The predicted molar refractivity (Wildman–Crippen MR) is 258 cm³/mol. The highest BCUT2D eigenvalue weighted by Gasteiger charge is 2.22. The van der Waals surface area contributed by atoms with Crippen molar-refractivity contribution in [3.63, 3.8) is 0 Å². The number of esters is 3. The Hall–Kier alpha value is -1.66. The molecule has 0 rings (SSSR count). The summed E-state index contributed by atoms with van der Waals surface area (Å²) in [6, 6.07) is 0. The lowest BCUT2D eigenvalue weighted by Crippen LogP contribution is -2.36. The molecule has 1 amide bonds. The monoisotopic (exact) mass is 903 g/mol. The van der Waals surface area contributed by atoms with Crippen molar-refractivity contribution in [2.45, 2.75) is 234 Å². The van der Waals surface area contributed by atoms with Crippen LogP contribution in [0.15, 0.2) is 0 Å². The van der Waals surface area contributed by atoms with Gasteiger partial charge in [-0.05, 0) is 77.4 Å². The Balaban J connectivity index is 5.26. The molecule has 10 nitrogen and oxygen atoms in total. The van der Waals surface area contributed by atoms with Crippen molar-refractivity contribution in [3.8, 4) is 0 Å². The first-order valence-electron chi connectivity index (χ1n) is 25.2. The van der Waals surface area contributed by atoms with E-state index >= 15 is 0 Å². The van der Waals surface area contributed by atoms with E-state index in [0.717, 1.165) is 116 Å². The van der Waals surface area contributed by atoms with Gasteiger partial charge in [0.2, 0.25) is 0 Å². The van der Waals surface area contributed by atoms with Crippen molar-refractivity contribution in [1.29, 1.82) is 0 Å². The molecule has 0 aliphatic carbocycles. The van der Waals surface area contributed by atoms with Crippen LogP contribution >= 0.6 is 21.6 Å². The van der Waals surface area contributed by atoms with Gasteiger partial charge in [0.15, 0.2) is 0 Å². The summed E-state index contributed by atoms with van der Waals surface area (Å²) in [6.45, 7) is 16.7. The second-order valence-electron chi connectivity index (χ2n) is 16.6. The molecule has 360 valence electrons. The Morgan fingerprint density at radius 1 is 0.426 bits per heavy atom. The van der Waals surface area contributed by atoms with E-state index < -0.39 is 6.09 Å². The van der Waals surface area contributed by atoms with Gasteiger partial charge in [-0.3, -0.25) is 14.4 Å². The number of nitrogens with zero attached hydrogens (tertiary/aromatic N) is 2. The maximum absolute atomic E-state index is 13.4. The molecule has 12 heteroatoms. The maximum atomic E-state index is 13.4. The third kappa shape index (κ3) is 38.5. The van der Waals surface area contributed by atoms with Crippen molar-refractivity contribution in [1.82, 2.24) is 9.80 Å². The molecule has 0 radical (unpaired) electrons. The first-order chi connectivity index (χ1) is 29.7. The molecular weight excluding hydrogens is 809 g/mol. The van der Waals surface area contributed by atoms with E-state index in [0.29, 0.717) is 24.5 Å². The average Bonchev–Trinajstić information content (AvgIpc) is 3.25. The second-order valence-corrected chi connectivity index (χ2v) is 19.3. The average molecular weight is 903 g/mol. The van der Waals surface area contributed by atoms with Crippen LogP contribution in [0.2, 0.25) is 0 Å². The fourth-order valence-electron chi connectivity index (χ4n) is 7.28. The lowest BCUT2D eigenvalue weighted by molar-refractivity contribution is -0.150. The fraction of sp³-hybridized carbons (Fsp3) is 0.918. The van der Waals surface area contributed by atoms with Crippen LogP contribution in [-0.2, 0) is 33.3 Å². The minimum Gasteiger partial charge on any atom is -0.465 e. The molecule has 0 spiro atoms. The quantitative estimate of drug-likeness (QED) is 0.0252. The first kappa shape index (κ1) is 59.3. The zero-order chi connectivity index (χ0) is 45.0. The smallest absolute Gasteiger partial charge is 0.409 e. The van der Waals surface area contributed by atoms with Crippen molar-refractivity contribution in [3.05, 3.63) is 0 Å². The van der Waals surface area contributed by atoms with Gasteiger partial charge in [0.1, 0.15) is 25.4 Å². The molecule has 0 aromatic rings. The summed E-state index contributed by atoms with van der Waals surface area (Å²) >= 11 is 0. The van der Waals surface area contributed by atoms with Crippen molar-refractivity contribution in [2.75, 3.05) is 57.4 Å². The van der Waals surface area contributed by atoms with E-state index in [1.807, 2.05) is 0 Å². The number of amides is 1. The van der Waals surface area contributed by atoms with Crippen LogP contribution in [0.3, 0.4) is 0 Å². The molecule has 0 aromatic heterocycles. The summed E-state index contributed by atoms with van der Waals surface area (Å²) in [5, 5.41) is 0. The topological polar surface area (TPSA) is 112 Å². The summed E-state index contributed by atoms with van der Waals surface area (Å²) in [5.74, 6) is 0.417. The first-order valence-corrected chi connectivity index (χ1v) is 27.7. The molecule has 61 heavy (non-hydrogen) atoms. The third-order valence-corrected chi connectivity index (χ3v) is 13.5. The lowest BCUT2D eigenvalue weighted by atomic mass is 10.0. The van der Waals surface area contributed by atoms with Gasteiger partial charge in [-0.25, -0.2) is 4.79 Å². The highest BCUT2D eigenvalue weighted by atomic mass is 33.1. The molecule has 0 saturated carbocycles. The maximum Gasteiger partial charge on any atom is 0.409 e. The molecule has 0 aliphatic heterocycles. The van der Waals surface area contributed by atoms with Crippen molar-refractivity contribution >= 4 is 45.6 Å². The zero-order valence-electron chi connectivity index (χ0n) is 40.3. The SMILES string of the molecule is CCCCCCCCC(CCCCCC)OC(=O)CCN(CCC(=O)OC(CCCCCC)CCCCCCCC)C(=O)OCCSSCCOC(=O)CCCN(CC)CC. The molecule has 0 N–H and O–H groups in total. The summed E-state index contributed by atoms with van der Waals surface area (Å²) in [7, 11) is 3.12. The normalized spacial score (nSPS) is 12.3. The molecule has 0 aromatic carbocycles. The van der Waals surface area contributed by atoms with E-state index in [9.17, 15) is 19.2 Å². The van der Waals surface area contributed by atoms with E-state index in [2.05, 4.69) is 46.4 Å². The van der Waals surface area contributed by atoms with Crippen LogP contribution in [0.25, 0.3) is 0 Å². The lowest BCUT2D eigenvalue weighted by Gasteiger charge is -2.23. The van der Waals surface area contributed by atoms with Gasteiger partial charge in [-0.1, -0.05) is 166 Å². The number of rotatable bonds is 45. The van der Waals surface area contributed by atoms with Gasteiger partial charge < -0.3 is 28.7 Å². The Labute approximate surface area is 383 Å². The van der Waals surface area contributed by atoms with Crippen LogP contribution in [0, 0.1) is 0 Å². The molecule has 0 heterocycles. The van der Waals surface area contributed by atoms with Gasteiger partial charge in [0.05, 0.1) is 12.8 Å². The second kappa shape index (κ2) is 44.9.